The first-order valence-corrected chi connectivity index (χ1v) is 9.44. The van der Waals surface area contributed by atoms with Gasteiger partial charge in [-0.05, 0) is 36.2 Å². The number of carbonyl (C=O) groups is 2. The zero-order chi connectivity index (χ0) is 20.1. The van der Waals surface area contributed by atoms with Crippen LogP contribution in [0.3, 0.4) is 0 Å². The first kappa shape index (κ1) is 19.7. The van der Waals surface area contributed by atoms with Gasteiger partial charge in [-0.1, -0.05) is 25.1 Å². The molecule has 0 aromatic heterocycles. The fourth-order valence-corrected chi connectivity index (χ4v) is 3.46. The highest BCUT2D eigenvalue weighted by atomic mass is 16.5. The Hall–Kier alpha value is -3.02. The van der Waals surface area contributed by atoms with E-state index in [0.29, 0.717) is 12.3 Å². The summed E-state index contributed by atoms with van der Waals surface area (Å²) in [6.07, 6.45) is 0.973. The quantitative estimate of drug-likeness (QED) is 0.798. The summed E-state index contributed by atoms with van der Waals surface area (Å²) in [5, 5.41) is 3.09. The zero-order valence-corrected chi connectivity index (χ0v) is 16.5. The Labute approximate surface area is 165 Å². The lowest BCUT2D eigenvalue weighted by molar-refractivity contribution is -0.127. The van der Waals surface area contributed by atoms with Gasteiger partial charge in [0, 0.05) is 24.7 Å². The number of anilines is 1. The topological polar surface area (TPSA) is 67.9 Å². The van der Waals surface area contributed by atoms with Crippen molar-refractivity contribution in [3.63, 3.8) is 0 Å². The van der Waals surface area contributed by atoms with Crippen molar-refractivity contribution in [2.75, 3.05) is 25.7 Å². The number of benzene rings is 2. The maximum atomic E-state index is 12.8. The molecule has 2 amide bonds. The monoisotopic (exact) mass is 382 g/mol. The molecule has 2 aromatic rings. The molecular weight excluding hydrogens is 356 g/mol. The number of hydrogen-bond acceptors (Lipinski definition) is 4. The van der Waals surface area contributed by atoms with Gasteiger partial charge in [-0.2, -0.15) is 0 Å². The summed E-state index contributed by atoms with van der Waals surface area (Å²) in [7, 11) is 3.21. The molecule has 2 unspecified atom stereocenters. The van der Waals surface area contributed by atoms with Crippen LogP contribution < -0.4 is 19.7 Å². The second-order valence-corrected chi connectivity index (χ2v) is 6.85. The molecule has 3 rings (SSSR count). The highest BCUT2D eigenvalue weighted by Gasteiger charge is 2.35. The lowest BCUT2D eigenvalue weighted by Gasteiger charge is -2.21. The van der Waals surface area contributed by atoms with Gasteiger partial charge in [0.05, 0.1) is 26.2 Å². The number of rotatable bonds is 7. The van der Waals surface area contributed by atoms with E-state index >= 15 is 0 Å². The van der Waals surface area contributed by atoms with E-state index in [4.69, 9.17) is 9.47 Å². The van der Waals surface area contributed by atoms with Crippen LogP contribution in [0.2, 0.25) is 0 Å². The van der Waals surface area contributed by atoms with Crippen LogP contribution in [0, 0.1) is 5.92 Å². The van der Waals surface area contributed by atoms with Gasteiger partial charge in [-0.15, -0.1) is 0 Å². The van der Waals surface area contributed by atoms with E-state index in [-0.39, 0.29) is 30.2 Å². The highest BCUT2D eigenvalue weighted by molar-refractivity contribution is 6.00. The summed E-state index contributed by atoms with van der Waals surface area (Å²) in [6, 6.07) is 14.9. The van der Waals surface area contributed by atoms with Crippen LogP contribution in [-0.4, -0.2) is 32.6 Å². The van der Waals surface area contributed by atoms with Crippen LogP contribution in [0.25, 0.3) is 0 Å². The normalized spacial score (nSPS) is 17.3. The third kappa shape index (κ3) is 4.27. The Morgan fingerprint density at radius 3 is 2.50 bits per heavy atom. The minimum atomic E-state index is -0.369. The van der Waals surface area contributed by atoms with E-state index in [0.717, 1.165) is 23.4 Å². The lowest BCUT2D eigenvalue weighted by atomic mass is 10.0. The van der Waals surface area contributed by atoms with Crippen molar-refractivity contribution in [3.05, 3.63) is 54.1 Å². The Morgan fingerprint density at radius 2 is 1.86 bits per heavy atom. The molecule has 1 fully saturated rings. The fourth-order valence-electron chi connectivity index (χ4n) is 3.46. The number of amides is 2. The Morgan fingerprint density at radius 1 is 1.14 bits per heavy atom. The third-order valence-electron chi connectivity index (χ3n) is 5.10. The fraction of sp³-hybridized carbons (Fsp3) is 0.364. The molecule has 0 bridgehead atoms. The van der Waals surface area contributed by atoms with Gasteiger partial charge >= 0.3 is 0 Å². The standard InChI is InChI=1S/C22H26N2O4/c1-4-20(15-8-10-18(27-2)11-9-15)23-22(26)16-12-21(25)24(14-16)17-6-5-7-19(13-17)28-3/h5-11,13,16,20H,4,12,14H2,1-3H3,(H,23,26). The number of methoxy groups -OCH3 is 2. The van der Waals surface area contributed by atoms with Gasteiger partial charge in [0.15, 0.2) is 0 Å². The van der Waals surface area contributed by atoms with Crippen LogP contribution in [0.15, 0.2) is 48.5 Å². The molecule has 28 heavy (non-hydrogen) atoms. The molecule has 6 heteroatoms. The van der Waals surface area contributed by atoms with Gasteiger partial charge in [-0.25, -0.2) is 0 Å². The summed E-state index contributed by atoms with van der Waals surface area (Å²) in [6.45, 7) is 2.40. The van der Waals surface area contributed by atoms with E-state index in [1.807, 2.05) is 55.5 Å². The largest absolute Gasteiger partial charge is 0.497 e. The van der Waals surface area contributed by atoms with Gasteiger partial charge in [0.1, 0.15) is 11.5 Å². The molecule has 1 aliphatic rings. The van der Waals surface area contributed by atoms with E-state index < -0.39 is 0 Å². The molecule has 6 nitrogen and oxygen atoms in total. The molecule has 0 spiro atoms. The summed E-state index contributed by atoms with van der Waals surface area (Å²) >= 11 is 0. The Bertz CT molecular complexity index is 835. The van der Waals surface area contributed by atoms with Crippen molar-refractivity contribution >= 4 is 17.5 Å². The van der Waals surface area contributed by atoms with E-state index in [2.05, 4.69) is 5.32 Å². The van der Waals surface area contributed by atoms with Gasteiger partial charge < -0.3 is 19.7 Å². The Kier molecular flexibility index (Phi) is 6.19. The molecule has 0 aliphatic carbocycles. The molecule has 148 valence electrons. The molecular formula is C22H26N2O4. The van der Waals surface area contributed by atoms with E-state index in [9.17, 15) is 9.59 Å². The molecule has 1 saturated heterocycles. The predicted octanol–water partition coefficient (Wildman–Crippen LogP) is 3.32. The first-order chi connectivity index (χ1) is 13.5. The predicted molar refractivity (Wildman–Crippen MR) is 108 cm³/mol. The lowest BCUT2D eigenvalue weighted by Crippen LogP contribution is -2.35. The third-order valence-corrected chi connectivity index (χ3v) is 5.10. The van der Waals surface area contributed by atoms with Crippen molar-refractivity contribution < 1.29 is 19.1 Å². The minimum Gasteiger partial charge on any atom is -0.497 e. The highest BCUT2D eigenvalue weighted by Crippen LogP contribution is 2.29. The van der Waals surface area contributed by atoms with Crippen LogP contribution in [-0.2, 0) is 9.59 Å². The maximum Gasteiger partial charge on any atom is 0.227 e. The molecule has 1 heterocycles. The maximum absolute atomic E-state index is 12.8. The van der Waals surface area contributed by atoms with E-state index in [1.54, 1.807) is 19.1 Å². The first-order valence-electron chi connectivity index (χ1n) is 9.44. The van der Waals surface area contributed by atoms with Crippen molar-refractivity contribution in [2.24, 2.45) is 5.92 Å². The summed E-state index contributed by atoms with van der Waals surface area (Å²) < 4.78 is 10.4. The summed E-state index contributed by atoms with van der Waals surface area (Å²) in [5.41, 5.74) is 1.77. The second-order valence-electron chi connectivity index (χ2n) is 6.85. The smallest absolute Gasteiger partial charge is 0.227 e. The van der Waals surface area contributed by atoms with Crippen LogP contribution in [0.4, 0.5) is 5.69 Å². The number of carbonyl (C=O) groups excluding carboxylic acids is 2. The summed E-state index contributed by atoms with van der Waals surface area (Å²) in [5.74, 6) is 0.947. The number of nitrogens with zero attached hydrogens (tertiary/aromatic N) is 1. The average molecular weight is 382 g/mol. The minimum absolute atomic E-state index is 0.0501. The van der Waals surface area contributed by atoms with Gasteiger partial charge in [-0.3, -0.25) is 9.59 Å². The number of ether oxygens (including phenoxy) is 2. The van der Waals surface area contributed by atoms with Crippen molar-refractivity contribution in [3.8, 4) is 11.5 Å². The van der Waals surface area contributed by atoms with Crippen molar-refractivity contribution in [2.45, 2.75) is 25.8 Å². The number of nitrogens with one attached hydrogen (secondary N) is 1. The van der Waals surface area contributed by atoms with E-state index in [1.165, 1.54) is 0 Å². The van der Waals surface area contributed by atoms with Crippen LogP contribution in [0.5, 0.6) is 11.5 Å². The van der Waals surface area contributed by atoms with Crippen LogP contribution >= 0.6 is 0 Å². The van der Waals surface area contributed by atoms with Crippen molar-refractivity contribution in [1.29, 1.82) is 0 Å². The zero-order valence-electron chi connectivity index (χ0n) is 16.5. The molecule has 1 aliphatic heterocycles. The molecule has 1 N–H and O–H groups in total. The SMILES string of the molecule is CCC(NC(=O)C1CC(=O)N(c2cccc(OC)c2)C1)c1ccc(OC)cc1. The molecule has 2 aromatic carbocycles. The molecule has 0 saturated carbocycles. The van der Waals surface area contributed by atoms with Gasteiger partial charge in [0.2, 0.25) is 11.8 Å². The van der Waals surface area contributed by atoms with Gasteiger partial charge in [0.25, 0.3) is 0 Å². The average Bonchev–Trinajstić information content (AvgIpc) is 3.13. The Balaban J connectivity index is 1.67. The second kappa shape index (κ2) is 8.78. The van der Waals surface area contributed by atoms with Crippen LogP contribution in [0.1, 0.15) is 31.4 Å². The molecule has 2 atom stereocenters. The number of hydrogen-bond donors (Lipinski definition) is 1. The van der Waals surface area contributed by atoms with Crippen molar-refractivity contribution in [1.82, 2.24) is 5.32 Å². The summed E-state index contributed by atoms with van der Waals surface area (Å²) in [4.78, 5) is 26.9. The molecule has 0 radical (unpaired) electrons.